The quantitative estimate of drug-likeness (QED) is 0.208. The first-order valence-corrected chi connectivity index (χ1v) is 14.6. The Labute approximate surface area is 264 Å². The van der Waals surface area contributed by atoms with Crippen LogP contribution in [-0.4, -0.2) is 60.9 Å². The highest BCUT2D eigenvalue weighted by Gasteiger charge is 2.48. The van der Waals surface area contributed by atoms with Crippen LogP contribution in [0.1, 0.15) is 22.9 Å². The average molecular weight is 627 g/mol. The van der Waals surface area contributed by atoms with Crippen molar-refractivity contribution in [2.24, 2.45) is 0 Å². The smallest absolute Gasteiger partial charge is 0.330 e. The van der Waals surface area contributed by atoms with Gasteiger partial charge in [-0.2, -0.15) is 0 Å². The van der Waals surface area contributed by atoms with Crippen LogP contribution in [0.15, 0.2) is 117 Å². The van der Waals surface area contributed by atoms with Gasteiger partial charge in [0.05, 0.1) is 32.7 Å². The van der Waals surface area contributed by atoms with Crippen LogP contribution < -0.4 is 20.7 Å². The first kappa shape index (κ1) is 31.1. The van der Waals surface area contributed by atoms with E-state index in [4.69, 9.17) is 28.1 Å². The molecule has 46 heavy (non-hydrogen) atoms. The maximum Gasteiger partial charge on any atom is 0.330 e. The molecule has 3 heterocycles. The van der Waals surface area contributed by atoms with Crippen LogP contribution in [-0.2, 0) is 19.8 Å². The molecule has 0 amide bonds. The van der Waals surface area contributed by atoms with E-state index < -0.39 is 41.4 Å². The van der Waals surface area contributed by atoms with Crippen LogP contribution in [0.5, 0.6) is 11.5 Å². The van der Waals surface area contributed by atoms with Crippen LogP contribution in [0, 0.1) is 0 Å². The van der Waals surface area contributed by atoms with Gasteiger partial charge in [-0.15, -0.1) is 0 Å². The maximum atomic E-state index is 13.0. The van der Waals surface area contributed by atoms with Crippen molar-refractivity contribution >= 4 is 0 Å². The Kier molecular flexibility index (Phi) is 8.91. The molecule has 0 saturated carbocycles. The summed E-state index contributed by atoms with van der Waals surface area (Å²) in [7, 11) is 4.62. The van der Waals surface area contributed by atoms with Gasteiger partial charge in [0.15, 0.2) is 6.23 Å². The molecule has 238 valence electrons. The Bertz CT molecular complexity index is 1800. The highest BCUT2D eigenvalue weighted by molar-refractivity contribution is 5.54. The fourth-order valence-electron chi connectivity index (χ4n) is 5.90. The number of hydrogen-bond acceptors (Lipinski definition) is 9. The molecule has 1 saturated heterocycles. The number of H-pyrrole nitrogens is 1. The van der Waals surface area contributed by atoms with E-state index in [0.29, 0.717) is 11.5 Å². The number of aromatic nitrogens is 2. The van der Waals surface area contributed by atoms with Crippen molar-refractivity contribution in [1.29, 1.82) is 0 Å². The zero-order chi connectivity index (χ0) is 32.3. The van der Waals surface area contributed by atoms with Gasteiger partial charge >= 0.3 is 5.69 Å². The fourth-order valence-corrected chi connectivity index (χ4v) is 5.90. The average Bonchev–Trinajstić information content (AvgIpc) is 3.74. The topological polar surface area (TPSA) is 134 Å². The number of furan rings is 1. The van der Waals surface area contributed by atoms with Gasteiger partial charge in [0.25, 0.3) is 5.56 Å². The number of aliphatic hydroxyl groups is 1. The van der Waals surface area contributed by atoms with E-state index >= 15 is 0 Å². The van der Waals surface area contributed by atoms with Crippen LogP contribution in [0.25, 0.3) is 11.3 Å². The van der Waals surface area contributed by atoms with E-state index in [1.54, 1.807) is 26.4 Å². The molecule has 5 aromatic rings. The van der Waals surface area contributed by atoms with Crippen molar-refractivity contribution in [2.45, 2.75) is 30.1 Å². The highest BCUT2D eigenvalue weighted by atomic mass is 16.6. The summed E-state index contributed by atoms with van der Waals surface area (Å²) in [6.07, 6.45) is -1.40. The zero-order valence-electron chi connectivity index (χ0n) is 25.5. The number of ether oxygens (including phenoxy) is 5. The van der Waals surface area contributed by atoms with Crippen molar-refractivity contribution in [1.82, 2.24) is 9.55 Å². The number of aliphatic hydroxyl groups excluding tert-OH is 1. The van der Waals surface area contributed by atoms with Crippen molar-refractivity contribution in [3.8, 4) is 22.8 Å². The molecular formula is C35H34N2O9. The van der Waals surface area contributed by atoms with E-state index in [9.17, 15) is 14.7 Å². The molecule has 0 unspecified atom stereocenters. The minimum Gasteiger partial charge on any atom is -0.497 e. The highest BCUT2D eigenvalue weighted by Crippen LogP contribution is 2.43. The molecule has 4 atom stereocenters. The lowest BCUT2D eigenvalue weighted by molar-refractivity contribution is -0.0966. The first-order chi connectivity index (χ1) is 22.4. The summed E-state index contributed by atoms with van der Waals surface area (Å²) < 4.78 is 36.3. The van der Waals surface area contributed by atoms with Gasteiger partial charge in [-0.05, 0) is 53.1 Å². The minimum absolute atomic E-state index is 0.104. The molecule has 2 N–H and O–H groups in total. The van der Waals surface area contributed by atoms with E-state index in [1.165, 1.54) is 24.1 Å². The van der Waals surface area contributed by atoms with Crippen molar-refractivity contribution in [3.63, 3.8) is 0 Å². The summed E-state index contributed by atoms with van der Waals surface area (Å²) in [6, 6.07) is 28.1. The summed E-state index contributed by atoms with van der Waals surface area (Å²) in [5.41, 5.74) is 0.0578. The molecule has 0 radical (unpaired) electrons. The Balaban J connectivity index is 1.40. The van der Waals surface area contributed by atoms with Crippen LogP contribution >= 0.6 is 0 Å². The number of nitrogens with one attached hydrogen (secondary N) is 1. The molecular weight excluding hydrogens is 592 g/mol. The summed E-state index contributed by atoms with van der Waals surface area (Å²) >= 11 is 0. The Morgan fingerprint density at radius 3 is 1.98 bits per heavy atom. The van der Waals surface area contributed by atoms with E-state index in [0.717, 1.165) is 16.7 Å². The lowest BCUT2D eigenvalue weighted by Crippen LogP contribution is -2.40. The molecule has 0 aliphatic carbocycles. The second-order valence-electron chi connectivity index (χ2n) is 10.8. The van der Waals surface area contributed by atoms with Crippen LogP contribution in [0.2, 0.25) is 0 Å². The molecule has 6 rings (SSSR count). The number of nitrogens with zero attached hydrogens (tertiary/aromatic N) is 1. The fraction of sp³-hybridized carbons (Fsp3) is 0.257. The normalized spacial score (nSPS) is 19.7. The third-order valence-corrected chi connectivity index (χ3v) is 8.25. The number of rotatable bonds is 11. The molecule has 2 aromatic heterocycles. The third kappa shape index (κ3) is 5.65. The number of benzene rings is 3. The van der Waals surface area contributed by atoms with E-state index in [1.807, 2.05) is 78.9 Å². The summed E-state index contributed by atoms with van der Waals surface area (Å²) in [4.78, 5) is 27.9. The van der Waals surface area contributed by atoms with E-state index in [2.05, 4.69) is 4.98 Å². The zero-order valence-corrected chi connectivity index (χ0v) is 25.5. The van der Waals surface area contributed by atoms with E-state index in [-0.39, 0.29) is 17.9 Å². The molecule has 1 aliphatic rings. The monoisotopic (exact) mass is 626 g/mol. The Morgan fingerprint density at radius 2 is 1.43 bits per heavy atom. The predicted octanol–water partition coefficient (Wildman–Crippen LogP) is 4.10. The molecule has 0 bridgehead atoms. The lowest BCUT2D eigenvalue weighted by atomic mass is 9.80. The van der Waals surface area contributed by atoms with Crippen molar-refractivity contribution in [2.75, 3.05) is 27.9 Å². The summed E-state index contributed by atoms with van der Waals surface area (Å²) in [6.45, 7) is -0.104. The van der Waals surface area contributed by atoms with Gasteiger partial charge in [0.2, 0.25) is 0 Å². The second kappa shape index (κ2) is 13.2. The summed E-state index contributed by atoms with van der Waals surface area (Å²) in [5.74, 6) is 1.64. The van der Waals surface area contributed by atoms with Gasteiger partial charge < -0.3 is 33.2 Å². The number of methoxy groups -OCH3 is 3. The van der Waals surface area contributed by atoms with Gasteiger partial charge in [0.1, 0.15) is 41.2 Å². The maximum absolute atomic E-state index is 13.0. The van der Waals surface area contributed by atoms with Crippen molar-refractivity contribution < 1.29 is 33.2 Å². The molecule has 11 nitrogen and oxygen atoms in total. The summed E-state index contributed by atoms with van der Waals surface area (Å²) in [5, 5.41) is 11.5. The minimum atomic E-state index is -1.19. The molecule has 0 spiro atoms. The second-order valence-corrected chi connectivity index (χ2v) is 10.8. The number of hydrogen-bond donors (Lipinski definition) is 2. The lowest BCUT2D eigenvalue weighted by Gasteiger charge is -2.37. The van der Waals surface area contributed by atoms with Gasteiger partial charge in [-0.25, -0.2) is 4.79 Å². The van der Waals surface area contributed by atoms with Gasteiger partial charge in [-0.1, -0.05) is 54.6 Å². The molecule has 3 aromatic carbocycles. The first-order valence-electron chi connectivity index (χ1n) is 14.6. The largest absolute Gasteiger partial charge is 0.497 e. The van der Waals surface area contributed by atoms with Gasteiger partial charge in [0, 0.05) is 13.3 Å². The molecule has 1 fully saturated rings. The Morgan fingerprint density at radius 1 is 0.826 bits per heavy atom. The number of aromatic amines is 1. The van der Waals surface area contributed by atoms with Gasteiger partial charge in [-0.3, -0.25) is 14.3 Å². The predicted molar refractivity (Wildman–Crippen MR) is 168 cm³/mol. The Hall–Kier alpha value is -4.94. The SMILES string of the molecule is COc1ccc(C(OC[C@H]2O[C@@H](n3cc(-c4ccco4)c(=O)[nH]c3=O)[C@H](OC)[C@@H]2O)(c2ccccc2)c2ccc(OC)cc2)cc1. The van der Waals surface area contributed by atoms with Crippen LogP contribution in [0.4, 0.5) is 0 Å². The van der Waals surface area contributed by atoms with Crippen LogP contribution in [0.3, 0.4) is 0 Å². The standard InChI is InChI=1S/C35H34N2O9/c1-41-25-15-11-23(12-16-25)35(22-8-5-4-6-9-22,24-13-17-26(42-2)18-14-24)45-21-29-30(38)31(43-3)33(46-29)37-20-27(28-10-7-19-44-28)32(39)36-34(37)40/h4-20,29-31,33,38H,21H2,1-3H3,(H,36,39,40)/t29-,30-,31-,33-/m1/s1. The molecule has 11 heteroatoms. The third-order valence-electron chi connectivity index (χ3n) is 8.25. The van der Waals surface area contributed by atoms with Crippen molar-refractivity contribution in [3.05, 3.63) is 141 Å². The molecule has 1 aliphatic heterocycles.